The number of aliphatic hydroxyl groups excluding tert-OH is 1. The molecule has 3 rings (SSSR count). The summed E-state index contributed by atoms with van der Waals surface area (Å²) in [6.45, 7) is 2.36. The number of ether oxygens (including phenoxy) is 2. The number of primary amides is 1. The van der Waals surface area contributed by atoms with Crippen LogP contribution in [0.4, 0.5) is 4.79 Å². The van der Waals surface area contributed by atoms with Crippen LogP contribution in [0.15, 0.2) is 30.3 Å². The lowest BCUT2D eigenvalue weighted by molar-refractivity contribution is 0.0524. The molecule has 1 saturated heterocycles. The average molecular weight is 359 g/mol. The lowest BCUT2D eigenvalue weighted by Gasteiger charge is -2.33. The van der Waals surface area contributed by atoms with E-state index in [4.69, 9.17) is 15.2 Å². The quantitative estimate of drug-likeness (QED) is 0.817. The highest BCUT2D eigenvalue weighted by molar-refractivity contribution is 5.83. The van der Waals surface area contributed by atoms with Crippen molar-refractivity contribution in [1.82, 2.24) is 9.88 Å². The van der Waals surface area contributed by atoms with Crippen LogP contribution in [0.2, 0.25) is 0 Å². The fraction of sp³-hybridized carbons (Fsp3) is 0.474. The Morgan fingerprint density at radius 1 is 1.35 bits per heavy atom. The number of nitrogens with two attached hydrogens (primary N) is 1. The first kappa shape index (κ1) is 18.4. The fourth-order valence-electron chi connectivity index (χ4n) is 3.54. The number of fused-ring (bicyclic) bond motifs is 1. The van der Waals surface area contributed by atoms with E-state index in [1.54, 1.807) is 7.11 Å². The summed E-state index contributed by atoms with van der Waals surface area (Å²) in [4.78, 5) is 17.7. The van der Waals surface area contributed by atoms with Crippen molar-refractivity contribution in [2.75, 3.05) is 33.4 Å². The van der Waals surface area contributed by atoms with E-state index in [0.717, 1.165) is 48.9 Å². The van der Waals surface area contributed by atoms with Gasteiger partial charge in [-0.1, -0.05) is 18.2 Å². The van der Waals surface area contributed by atoms with Crippen molar-refractivity contribution in [3.8, 4) is 5.88 Å². The molecule has 1 aromatic carbocycles. The minimum absolute atomic E-state index is 0.0374. The number of rotatable bonds is 6. The summed E-state index contributed by atoms with van der Waals surface area (Å²) in [6, 6.07) is 9.82. The van der Waals surface area contributed by atoms with Crippen molar-refractivity contribution in [3.05, 3.63) is 35.9 Å². The normalized spacial score (nSPS) is 17.2. The van der Waals surface area contributed by atoms with Crippen LogP contribution >= 0.6 is 0 Å². The van der Waals surface area contributed by atoms with Gasteiger partial charge in [-0.3, -0.25) is 0 Å². The van der Waals surface area contributed by atoms with Crippen molar-refractivity contribution in [2.45, 2.75) is 24.9 Å². The molecule has 7 heteroatoms. The maximum absolute atomic E-state index is 10.9. The Morgan fingerprint density at radius 3 is 2.77 bits per heavy atom. The average Bonchev–Trinajstić information content (AvgIpc) is 2.66. The van der Waals surface area contributed by atoms with E-state index in [9.17, 15) is 9.90 Å². The van der Waals surface area contributed by atoms with E-state index < -0.39 is 6.09 Å². The predicted molar refractivity (Wildman–Crippen MR) is 98.3 cm³/mol. The van der Waals surface area contributed by atoms with E-state index in [1.807, 2.05) is 30.3 Å². The number of aromatic nitrogens is 1. The zero-order valence-corrected chi connectivity index (χ0v) is 14.9. The number of piperidine rings is 1. The summed E-state index contributed by atoms with van der Waals surface area (Å²) >= 11 is 0. The van der Waals surface area contributed by atoms with Crippen LogP contribution in [0.1, 0.15) is 24.3 Å². The van der Waals surface area contributed by atoms with Gasteiger partial charge >= 0.3 is 6.09 Å². The number of carbonyl (C=O) groups excluding carboxylic acids is 1. The molecule has 1 amide bonds. The predicted octanol–water partition coefficient (Wildman–Crippen LogP) is 1.88. The standard InChI is InChI=1S/C19H25N3O4/c1-25-17-6-5-13-3-2-4-16(18(13)21-17)14(12-23)11-22-9-7-15(8-10-22)26-19(20)24/h2-6,14-15,23H,7-12H2,1H3,(H2,20,24). The van der Waals surface area contributed by atoms with Gasteiger partial charge in [0.25, 0.3) is 0 Å². The Labute approximate surface area is 152 Å². The number of para-hydroxylation sites is 1. The second kappa shape index (κ2) is 8.33. The molecule has 1 aromatic heterocycles. The first-order valence-electron chi connectivity index (χ1n) is 8.83. The number of hydrogen-bond acceptors (Lipinski definition) is 6. The SMILES string of the molecule is COc1ccc2cccc(C(CO)CN3CCC(OC(N)=O)CC3)c2n1. The van der Waals surface area contributed by atoms with Crippen LogP contribution in [-0.4, -0.2) is 60.5 Å². The second-order valence-corrected chi connectivity index (χ2v) is 6.59. The Hall–Kier alpha value is -2.38. The topological polar surface area (TPSA) is 97.9 Å². The van der Waals surface area contributed by atoms with Crippen molar-refractivity contribution in [2.24, 2.45) is 5.73 Å². The molecule has 140 valence electrons. The van der Waals surface area contributed by atoms with Crippen LogP contribution in [0.5, 0.6) is 5.88 Å². The number of methoxy groups -OCH3 is 1. The number of carbonyl (C=O) groups is 1. The van der Waals surface area contributed by atoms with Gasteiger partial charge in [0, 0.05) is 37.0 Å². The molecule has 0 aliphatic carbocycles. The van der Waals surface area contributed by atoms with Gasteiger partial charge in [-0.2, -0.15) is 0 Å². The molecule has 3 N–H and O–H groups in total. The van der Waals surface area contributed by atoms with E-state index in [2.05, 4.69) is 9.88 Å². The van der Waals surface area contributed by atoms with Crippen molar-refractivity contribution >= 4 is 17.0 Å². The molecule has 1 fully saturated rings. The lowest BCUT2D eigenvalue weighted by atomic mass is 9.95. The summed E-state index contributed by atoms with van der Waals surface area (Å²) in [5, 5.41) is 11.0. The monoisotopic (exact) mass is 359 g/mol. The molecule has 1 aliphatic rings. The number of pyridine rings is 1. The smallest absolute Gasteiger partial charge is 0.404 e. The molecular formula is C19H25N3O4. The van der Waals surface area contributed by atoms with Gasteiger partial charge in [0.2, 0.25) is 5.88 Å². The Balaban J connectivity index is 1.73. The van der Waals surface area contributed by atoms with E-state index >= 15 is 0 Å². The number of hydrogen-bond donors (Lipinski definition) is 2. The number of benzene rings is 1. The number of amides is 1. The van der Waals surface area contributed by atoms with Crippen LogP contribution in [0.3, 0.4) is 0 Å². The maximum atomic E-state index is 10.9. The zero-order chi connectivity index (χ0) is 18.5. The molecule has 1 atom stereocenters. The summed E-state index contributed by atoms with van der Waals surface area (Å²) in [7, 11) is 1.60. The van der Waals surface area contributed by atoms with Crippen LogP contribution in [-0.2, 0) is 4.74 Å². The van der Waals surface area contributed by atoms with Gasteiger partial charge < -0.3 is 25.2 Å². The zero-order valence-electron chi connectivity index (χ0n) is 14.9. The van der Waals surface area contributed by atoms with Gasteiger partial charge in [0.1, 0.15) is 6.10 Å². The highest BCUT2D eigenvalue weighted by Crippen LogP contribution is 2.27. The summed E-state index contributed by atoms with van der Waals surface area (Å²) < 4.78 is 10.3. The van der Waals surface area contributed by atoms with E-state index in [0.29, 0.717) is 5.88 Å². The highest BCUT2D eigenvalue weighted by atomic mass is 16.6. The lowest BCUT2D eigenvalue weighted by Crippen LogP contribution is -2.41. The Kier molecular flexibility index (Phi) is 5.90. The second-order valence-electron chi connectivity index (χ2n) is 6.59. The van der Waals surface area contributed by atoms with Gasteiger partial charge in [0.15, 0.2) is 0 Å². The third-order valence-corrected chi connectivity index (χ3v) is 4.89. The first-order valence-corrected chi connectivity index (χ1v) is 8.83. The molecule has 0 bridgehead atoms. The van der Waals surface area contributed by atoms with Crippen LogP contribution < -0.4 is 10.5 Å². The third-order valence-electron chi connectivity index (χ3n) is 4.89. The number of likely N-dealkylation sites (tertiary alicyclic amines) is 1. The minimum atomic E-state index is -0.715. The van der Waals surface area contributed by atoms with E-state index in [1.165, 1.54) is 0 Å². The Bertz CT molecular complexity index is 760. The number of nitrogens with zero attached hydrogens (tertiary/aromatic N) is 2. The molecule has 0 saturated carbocycles. The first-order chi connectivity index (χ1) is 12.6. The highest BCUT2D eigenvalue weighted by Gasteiger charge is 2.25. The van der Waals surface area contributed by atoms with Crippen LogP contribution in [0.25, 0.3) is 10.9 Å². The van der Waals surface area contributed by atoms with Gasteiger partial charge in [-0.15, -0.1) is 0 Å². The molecular weight excluding hydrogens is 334 g/mol. The largest absolute Gasteiger partial charge is 0.481 e. The van der Waals surface area contributed by atoms with Crippen molar-refractivity contribution < 1.29 is 19.4 Å². The molecule has 26 heavy (non-hydrogen) atoms. The summed E-state index contributed by atoms with van der Waals surface area (Å²) in [5.41, 5.74) is 6.96. The van der Waals surface area contributed by atoms with Crippen molar-refractivity contribution in [3.63, 3.8) is 0 Å². The summed E-state index contributed by atoms with van der Waals surface area (Å²) in [6.07, 6.45) is 0.679. The fourth-order valence-corrected chi connectivity index (χ4v) is 3.54. The molecule has 1 aliphatic heterocycles. The molecule has 1 unspecified atom stereocenters. The molecule has 0 spiro atoms. The van der Waals surface area contributed by atoms with Gasteiger partial charge in [-0.05, 0) is 24.5 Å². The molecule has 0 radical (unpaired) electrons. The van der Waals surface area contributed by atoms with Gasteiger partial charge in [0.05, 0.1) is 19.2 Å². The van der Waals surface area contributed by atoms with Crippen LogP contribution in [0, 0.1) is 0 Å². The Morgan fingerprint density at radius 2 is 2.12 bits per heavy atom. The molecule has 7 nitrogen and oxygen atoms in total. The minimum Gasteiger partial charge on any atom is -0.481 e. The molecule has 2 aromatic rings. The molecule has 2 heterocycles. The maximum Gasteiger partial charge on any atom is 0.404 e. The summed E-state index contributed by atoms with van der Waals surface area (Å²) in [5.74, 6) is 0.512. The third kappa shape index (κ3) is 4.23. The van der Waals surface area contributed by atoms with E-state index in [-0.39, 0.29) is 18.6 Å². The number of aliphatic hydroxyl groups is 1. The van der Waals surface area contributed by atoms with Gasteiger partial charge in [-0.25, -0.2) is 9.78 Å². The van der Waals surface area contributed by atoms with Crippen molar-refractivity contribution in [1.29, 1.82) is 0 Å².